The first-order valence-electron chi connectivity index (χ1n) is 5.94. The van der Waals surface area contributed by atoms with Crippen molar-refractivity contribution in [1.29, 1.82) is 0 Å². The lowest BCUT2D eigenvalue weighted by atomic mass is 9.97. The fourth-order valence-electron chi connectivity index (χ4n) is 2.03. The summed E-state index contributed by atoms with van der Waals surface area (Å²) in [5.41, 5.74) is 2.36. The van der Waals surface area contributed by atoms with Gasteiger partial charge in [-0.2, -0.15) is 0 Å². The van der Waals surface area contributed by atoms with Crippen molar-refractivity contribution in [2.45, 2.75) is 32.5 Å². The molecule has 1 fully saturated rings. The van der Waals surface area contributed by atoms with Crippen molar-refractivity contribution in [2.24, 2.45) is 0 Å². The molecule has 94 valence electrons. The molecule has 0 N–H and O–H groups in total. The zero-order valence-corrected chi connectivity index (χ0v) is 10.9. The highest BCUT2D eigenvalue weighted by atomic mass is 16.7. The monoisotopic (exact) mass is 236 g/mol. The maximum atomic E-state index is 5.68. The lowest BCUT2D eigenvalue weighted by Gasteiger charge is -2.35. The van der Waals surface area contributed by atoms with Crippen LogP contribution in [0.25, 0.3) is 0 Å². The Labute approximate surface area is 103 Å². The summed E-state index contributed by atoms with van der Waals surface area (Å²) in [5, 5.41) is 0. The predicted octanol–water partition coefficient (Wildman–Crippen LogP) is 2.87. The standard InChI is InChI=1S/C14H20O3/c1-10-5-6-12(13(7-10)15-4)11-8-16-14(2,3)17-9-11/h5-7,11H,8-9H2,1-4H3. The summed E-state index contributed by atoms with van der Waals surface area (Å²) in [6.07, 6.45) is 0. The lowest BCUT2D eigenvalue weighted by Crippen LogP contribution is -2.38. The van der Waals surface area contributed by atoms with Crippen molar-refractivity contribution < 1.29 is 14.2 Å². The second-order valence-corrected chi connectivity index (χ2v) is 4.96. The van der Waals surface area contributed by atoms with Crippen LogP contribution >= 0.6 is 0 Å². The van der Waals surface area contributed by atoms with E-state index < -0.39 is 5.79 Å². The summed E-state index contributed by atoms with van der Waals surface area (Å²) in [6.45, 7) is 7.29. The number of hydrogen-bond donors (Lipinski definition) is 0. The fourth-order valence-corrected chi connectivity index (χ4v) is 2.03. The number of rotatable bonds is 2. The van der Waals surface area contributed by atoms with E-state index in [1.54, 1.807) is 7.11 Å². The molecule has 0 aliphatic carbocycles. The van der Waals surface area contributed by atoms with E-state index in [1.165, 1.54) is 5.56 Å². The van der Waals surface area contributed by atoms with Crippen molar-refractivity contribution in [3.8, 4) is 5.75 Å². The Morgan fingerprint density at radius 2 is 1.88 bits per heavy atom. The molecule has 1 aliphatic heterocycles. The van der Waals surface area contributed by atoms with Crippen molar-refractivity contribution >= 4 is 0 Å². The van der Waals surface area contributed by atoms with E-state index in [0.29, 0.717) is 13.2 Å². The normalized spacial score (nSPS) is 20.2. The van der Waals surface area contributed by atoms with E-state index in [9.17, 15) is 0 Å². The van der Waals surface area contributed by atoms with Gasteiger partial charge in [0.15, 0.2) is 5.79 Å². The summed E-state index contributed by atoms with van der Waals surface area (Å²) >= 11 is 0. The van der Waals surface area contributed by atoms with Gasteiger partial charge >= 0.3 is 0 Å². The summed E-state index contributed by atoms with van der Waals surface area (Å²) in [6, 6.07) is 6.25. The average molecular weight is 236 g/mol. The van der Waals surface area contributed by atoms with Gasteiger partial charge in [-0.25, -0.2) is 0 Å². The molecular weight excluding hydrogens is 216 g/mol. The van der Waals surface area contributed by atoms with E-state index in [4.69, 9.17) is 14.2 Å². The molecule has 3 heteroatoms. The van der Waals surface area contributed by atoms with Crippen LogP contribution in [0.15, 0.2) is 18.2 Å². The molecule has 1 aromatic carbocycles. The van der Waals surface area contributed by atoms with Crippen LogP contribution in [0.5, 0.6) is 5.75 Å². The SMILES string of the molecule is COc1cc(C)ccc1C1COC(C)(C)OC1. The summed E-state index contributed by atoms with van der Waals surface area (Å²) in [7, 11) is 1.70. The summed E-state index contributed by atoms with van der Waals surface area (Å²) in [5.74, 6) is 0.703. The topological polar surface area (TPSA) is 27.7 Å². The molecule has 3 nitrogen and oxygen atoms in total. The highest BCUT2D eigenvalue weighted by molar-refractivity contribution is 5.39. The molecule has 0 atom stereocenters. The van der Waals surface area contributed by atoms with Crippen LogP contribution in [0.1, 0.15) is 30.9 Å². The minimum absolute atomic E-state index is 0.249. The second-order valence-electron chi connectivity index (χ2n) is 4.96. The Bertz CT molecular complexity index is 388. The molecule has 17 heavy (non-hydrogen) atoms. The second kappa shape index (κ2) is 4.67. The van der Waals surface area contributed by atoms with Crippen LogP contribution in [0, 0.1) is 6.92 Å². The van der Waals surface area contributed by atoms with Crippen molar-refractivity contribution in [3.05, 3.63) is 29.3 Å². The van der Waals surface area contributed by atoms with Crippen LogP contribution in [-0.2, 0) is 9.47 Å². The van der Waals surface area contributed by atoms with E-state index in [0.717, 1.165) is 11.3 Å². The first kappa shape index (κ1) is 12.4. The van der Waals surface area contributed by atoms with Crippen molar-refractivity contribution in [2.75, 3.05) is 20.3 Å². The highest BCUT2D eigenvalue weighted by Crippen LogP contribution is 2.33. The molecule has 0 bridgehead atoms. The molecule has 0 amide bonds. The predicted molar refractivity (Wildman–Crippen MR) is 66.5 cm³/mol. The third-order valence-corrected chi connectivity index (χ3v) is 3.09. The molecule has 0 spiro atoms. The Balaban J connectivity index is 2.18. The molecule has 0 unspecified atom stereocenters. The fraction of sp³-hybridized carbons (Fsp3) is 0.571. The summed E-state index contributed by atoms with van der Waals surface area (Å²) < 4.78 is 16.8. The average Bonchev–Trinajstić information content (AvgIpc) is 2.29. The largest absolute Gasteiger partial charge is 0.496 e. The number of ether oxygens (including phenoxy) is 3. The minimum Gasteiger partial charge on any atom is -0.496 e. The van der Waals surface area contributed by atoms with Gasteiger partial charge in [0.25, 0.3) is 0 Å². The number of methoxy groups -OCH3 is 1. The van der Waals surface area contributed by atoms with Crippen molar-refractivity contribution in [1.82, 2.24) is 0 Å². The molecule has 1 saturated heterocycles. The van der Waals surface area contributed by atoms with E-state index in [-0.39, 0.29) is 5.92 Å². The van der Waals surface area contributed by atoms with Gasteiger partial charge in [0.2, 0.25) is 0 Å². The molecule has 2 rings (SSSR count). The maximum Gasteiger partial charge on any atom is 0.162 e. The zero-order chi connectivity index (χ0) is 12.5. The molecule has 1 aromatic rings. The van der Waals surface area contributed by atoms with Crippen molar-refractivity contribution in [3.63, 3.8) is 0 Å². The van der Waals surface area contributed by atoms with Crippen LogP contribution in [0.4, 0.5) is 0 Å². The van der Waals surface area contributed by atoms with Gasteiger partial charge in [0.1, 0.15) is 5.75 Å². The van der Waals surface area contributed by atoms with E-state index in [1.807, 2.05) is 13.8 Å². The Kier molecular flexibility index (Phi) is 3.40. The molecule has 1 aliphatic rings. The van der Waals surface area contributed by atoms with E-state index >= 15 is 0 Å². The zero-order valence-electron chi connectivity index (χ0n) is 10.9. The van der Waals surface area contributed by atoms with Gasteiger partial charge in [-0.15, -0.1) is 0 Å². The third kappa shape index (κ3) is 2.79. The smallest absolute Gasteiger partial charge is 0.162 e. The highest BCUT2D eigenvalue weighted by Gasteiger charge is 2.30. The number of aryl methyl sites for hydroxylation is 1. The van der Waals surface area contributed by atoms with E-state index in [2.05, 4.69) is 25.1 Å². The number of hydrogen-bond acceptors (Lipinski definition) is 3. The lowest BCUT2D eigenvalue weighted by molar-refractivity contribution is -0.251. The third-order valence-electron chi connectivity index (χ3n) is 3.09. The van der Waals surface area contributed by atoms with Gasteiger partial charge in [-0.1, -0.05) is 12.1 Å². The molecular formula is C14H20O3. The van der Waals surface area contributed by atoms with Crippen LogP contribution < -0.4 is 4.74 Å². The first-order chi connectivity index (χ1) is 8.02. The Morgan fingerprint density at radius 1 is 1.24 bits per heavy atom. The van der Waals surface area contributed by atoms with Gasteiger partial charge in [0.05, 0.1) is 20.3 Å². The molecule has 1 heterocycles. The van der Waals surface area contributed by atoms with Gasteiger partial charge in [-0.3, -0.25) is 0 Å². The quantitative estimate of drug-likeness (QED) is 0.790. The first-order valence-corrected chi connectivity index (χ1v) is 5.94. The Morgan fingerprint density at radius 3 is 2.47 bits per heavy atom. The number of benzene rings is 1. The van der Waals surface area contributed by atoms with Gasteiger partial charge in [0, 0.05) is 11.5 Å². The Hall–Kier alpha value is -1.06. The van der Waals surface area contributed by atoms with Crippen LogP contribution in [0.3, 0.4) is 0 Å². The van der Waals surface area contributed by atoms with Gasteiger partial charge in [-0.05, 0) is 32.4 Å². The van der Waals surface area contributed by atoms with Crippen LogP contribution in [0.2, 0.25) is 0 Å². The maximum absolute atomic E-state index is 5.68. The summed E-state index contributed by atoms with van der Waals surface area (Å²) in [4.78, 5) is 0. The van der Waals surface area contributed by atoms with Crippen LogP contribution in [-0.4, -0.2) is 26.1 Å². The minimum atomic E-state index is -0.464. The van der Waals surface area contributed by atoms with Gasteiger partial charge < -0.3 is 14.2 Å². The molecule has 0 saturated carbocycles. The molecule has 0 aromatic heterocycles. The molecule has 0 radical (unpaired) electrons.